The molecule has 0 radical (unpaired) electrons. The molecule has 0 bridgehead atoms. The molecule has 2 aromatic carbocycles. The molecule has 0 fully saturated rings. The topological polar surface area (TPSA) is 12.0 Å². The summed E-state index contributed by atoms with van der Waals surface area (Å²) in [6.45, 7) is 6.35. The first kappa shape index (κ1) is 15.2. The van der Waals surface area contributed by atoms with Crippen LogP contribution < -0.4 is 5.32 Å². The SMILES string of the molecule is CNC(c1cc(C)c(C)cc1C)c1ccc(F)cc1Br. The van der Waals surface area contributed by atoms with Crippen LogP contribution in [0.5, 0.6) is 0 Å². The third-order valence-electron chi connectivity index (χ3n) is 3.76. The molecule has 0 saturated carbocycles. The highest BCUT2D eigenvalue weighted by Gasteiger charge is 2.18. The predicted molar refractivity (Wildman–Crippen MR) is 85.7 cm³/mol. The van der Waals surface area contributed by atoms with E-state index in [9.17, 15) is 4.39 Å². The molecule has 0 heterocycles. The lowest BCUT2D eigenvalue weighted by molar-refractivity contribution is 0.621. The molecule has 106 valence electrons. The summed E-state index contributed by atoms with van der Waals surface area (Å²) in [7, 11) is 1.93. The van der Waals surface area contributed by atoms with Crippen molar-refractivity contribution >= 4 is 15.9 Å². The lowest BCUT2D eigenvalue weighted by Gasteiger charge is -2.22. The van der Waals surface area contributed by atoms with Gasteiger partial charge < -0.3 is 5.32 Å². The molecule has 1 atom stereocenters. The second-order valence-electron chi connectivity index (χ2n) is 5.18. The molecule has 20 heavy (non-hydrogen) atoms. The van der Waals surface area contributed by atoms with Crippen molar-refractivity contribution in [2.24, 2.45) is 0 Å². The van der Waals surface area contributed by atoms with E-state index < -0.39 is 0 Å². The smallest absolute Gasteiger partial charge is 0.124 e. The molecule has 3 heteroatoms. The Balaban J connectivity index is 2.55. The zero-order valence-electron chi connectivity index (χ0n) is 12.2. The Morgan fingerprint density at radius 1 is 0.950 bits per heavy atom. The minimum atomic E-state index is -0.229. The number of aryl methyl sites for hydroxylation is 3. The Kier molecular flexibility index (Phi) is 4.61. The normalized spacial score (nSPS) is 12.5. The number of rotatable bonds is 3. The van der Waals surface area contributed by atoms with Crippen LogP contribution in [0.1, 0.15) is 33.9 Å². The number of benzene rings is 2. The van der Waals surface area contributed by atoms with Gasteiger partial charge in [0.15, 0.2) is 0 Å². The van der Waals surface area contributed by atoms with Gasteiger partial charge in [-0.15, -0.1) is 0 Å². The zero-order valence-corrected chi connectivity index (χ0v) is 13.8. The first-order chi connectivity index (χ1) is 9.43. The Morgan fingerprint density at radius 3 is 2.20 bits per heavy atom. The van der Waals surface area contributed by atoms with Crippen LogP contribution in [0.15, 0.2) is 34.8 Å². The Hall–Kier alpha value is -1.19. The average molecular weight is 336 g/mol. The second kappa shape index (κ2) is 6.06. The van der Waals surface area contributed by atoms with Crippen LogP contribution in [0.25, 0.3) is 0 Å². The van der Waals surface area contributed by atoms with E-state index in [0.717, 1.165) is 10.0 Å². The molecular formula is C17H19BrFN. The maximum absolute atomic E-state index is 13.3. The van der Waals surface area contributed by atoms with Crippen molar-refractivity contribution in [1.82, 2.24) is 5.32 Å². The van der Waals surface area contributed by atoms with Gasteiger partial charge in [-0.2, -0.15) is 0 Å². The van der Waals surface area contributed by atoms with Gasteiger partial charge in [0.25, 0.3) is 0 Å². The fraction of sp³-hybridized carbons (Fsp3) is 0.294. The standard InChI is InChI=1S/C17H19BrFN/c1-10-7-12(3)15(8-11(10)2)17(20-4)14-6-5-13(19)9-16(14)18/h5-9,17,20H,1-4H3. The predicted octanol–water partition coefficient (Wildman–Crippen LogP) is 4.82. The number of nitrogens with one attached hydrogen (secondary N) is 1. The van der Waals surface area contributed by atoms with Gasteiger partial charge >= 0.3 is 0 Å². The lowest BCUT2D eigenvalue weighted by Crippen LogP contribution is -2.19. The van der Waals surface area contributed by atoms with Crippen molar-refractivity contribution in [1.29, 1.82) is 0 Å². The van der Waals surface area contributed by atoms with Gasteiger partial charge in [-0.05, 0) is 67.8 Å². The molecule has 1 nitrogen and oxygen atoms in total. The molecule has 0 amide bonds. The monoisotopic (exact) mass is 335 g/mol. The average Bonchev–Trinajstić information content (AvgIpc) is 2.38. The Bertz CT molecular complexity index is 637. The van der Waals surface area contributed by atoms with E-state index in [4.69, 9.17) is 0 Å². The number of halogens is 2. The highest BCUT2D eigenvalue weighted by atomic mass is 79.9. The van der Waals surface area contributed by atoms with E-state index in [-0.39, 0.29) is 11.9 Å². The van der Waals surface area contributed by atoms with E-state index in [1.165, 1.54) is 34.4 Å². The van der Waals surface area contributed by atoms with Gasteiger partial charge in [-0.25, -0.2) is 4.39 Å². The number of hydrogen-bond acceptors (Lipinski definition) is 1. The Morgan fingerprint density at radius 2 is 1.60 bits per heavy atom. The van der Waals surface area contributed by atoms with Crippen molar-refractivity contribution < 1.29 is 4.39 Å². The third kappa shape index (κ3) is 2.94. The molecule has 1 N–H and O–H groups in total. The fourth-order valence-corrected chi connectivity index (χ4v) is 3.09. The van der Waals surface area contributed by atoms with E-state index in [1.54, 1.807) is 0 Å². The first-order valence-electron chi connectivity index (χ1n) is 6.64. The molecule has 0 aromatic heterocycles. The highest BCUT2D eigenvalue weighted by Crippen LogP contribution is 2.31. The van der Waals surface area contributed by atoms with Gasteiger partial charge in [-0.1, -0.05) is 34.1 Å². The van der Waals surface area contributed by atoms with Crippen molar-refractivity contribution in [3.05, 3.63) is 68.4 Å². The minimum absolute atomic E-state index is 0.0456. The summed E-state index contributed by atoms with van der Waals surface area (Å²) >= 11 is 3.46. The summed E-state index contributed by atoms with van der Waals surface area (Å²) in [6, 6.07) is 9.30. The van der Waals surface area contributed by atoms with Crippen LogP contribution in [-0.2, 0) is 0 Å². The molecule has 1 unspecified atom stereocenters. The zero-order chi connectivity index (χ0) is 14.9. The van der Waals surface area contributed by atoms with Gasteiger partial charge in [0.2, 0.25) is 0 Å². The summed E-state index contributed by atoms with van der Waals surface area (Å²) in [4.78, 5) is 0. The van der Waals surface area contributed by atoms with Gasteiger partial charge in [0.05, 0.1) is 6.04 Å². The van der Waals surface area contributed by atoms with Gasteiger partial charge in [0, 0.05) is 4.47 Å². The summed E-state index contributed by atoms with van der Waals surface area (Å²) in [5.74, 6) is -0.229. The summed E-state index contributed by atoms with van der Waals surface area (Å²) in [6.07, 6.45) is 0. The Labute approximate surface area is 128 Å². The van der Waals surface area contributed by atoms with Crippen molar-refractivity contribution in [2.45, 2.75) is 26.8 Å². The van der Waals surface area contributed by atoms with Crippen LogP contribution in [-0.4, -0.2) is 7.05 Å². The van der Waals surface area contributed by atoms with Crippen LogP contribution in [0, 0.1) is 26.6 Å². The maximum Gasteiger partial charge on any atom is 0.124 e. The van der Waals surface area contributed by atoms with E-state index in [1.807, 2.05) is 13.1 Å². The molecule has 0 aliphatic heterocycles. The lowest BCUT2D eigenvalue weighted by atomic mass is 9.92. The molecular weight excluding hydrogens is 317 g/mol. The summed E-state index contributed by atoms with van der Waals surface area (Å²) in [5.41, 5.74) is 6.06. The van der Waals surface area contributed by atoms with Crippen molar-refractivity contribution in [2.75, 3.05) is 7.05 Å². The second-order valence-corrected chi connectivity index (χ2v) is 6.03. The van der Waals surface area contributed by atoms with Crippen molar-refractivity contribution in [3.8, 4) is 0 Å². The molecule has 0 aliphatic carbocycles. The largest absolute Gasteiger partial charge is 0.309 e. The van der Waals surface area contributed by atoms with Crippen molar-refractivity contribution in [3.63, 3.8) is 0 Å². The quantitative estimate of drug-likeness (QED) is 0.847. The molecule has 0 aliphatic rings. The van der Waals surface area contributed by atoms with Crippen LogP contribution in [0.4, 0.5) is 4.39 Å². The van der Waals surface area contributed by atoms with Gasteiger partial charge in [0.1, 0.15) is 5.82 Å². The summed E-state index contributed by atoms with van der Waals surface area (Å²) < 4.78 is 14.0. The summed E-state index contributed by atoms with van der Waals surface area (Å²) in [5, 5.41) is 3.33. The molecule has 0 spiro atoms. The first-order valence-corrected chi connectivity index (χ1v) is 7.43. The third-order valence-corrected chi connectivity index (χ3v) is 4.44. The van der Waals surface area contributed by atoms with Gasteiger partial charge in [-0.3, -0.25) is 0 Å². The van der Waals surface area contributed by atoms with E-state index in [0.29, 0.717) is 0 Å². The van der Waals surface area contributed by atoms with Crippen LogP contribution in [0.2, 0.25) is 0 Å². The van der Waals surface area contributed by atoms with E-state index >= 15 is 0 Å². The fourth-order valence-electron chi connectivity index (χ4n) is 2.51. The minimum Gasteiger partial charge on any atom is -0.309 e. The molecule has 2 rings (SSSR count). The van der Waals surface area contributed by atoms with Crippen LogP contribution >= 0.6 is 15.9 Å². The number of hydrogen-bond donors (Lipinski definition) is 1. The highest BCUT2D eigenvalue weighted by molar-refractivity contribution is 9.10. The molecule has 0 saturated heterocycles. The van der Waals surface area contributed by atoms with Crippen LogP contribution in [0.3, 0.4) is 0 Å². The van der Waals surface area contributed by atoms with E-state index in [2.05, 4.69) is 54.2 Å². The molecule has 2 aromatic rings. The maximum atomic E-state index is 13.3.